The minimum Gasteiger partial charge on any atom is -0.467 e. The number of carbonyl (C=O) groups excluding carboxylic acids is 1. The minimum atomic E-state index is -0.580. The van der Waals surface area contributed by atoms with E-state index >= 15 is 0 Å². The summed E-state index contributed by atoms with van der Waals surface area (Å²) in [5.74, 6) is -0.343. The van der Waals surface area contributed by atoms with Gasteiger partial charge in [0.2, 0.25) is 5.69 Å². The summed E-state index contributed by atoms with van der Waals surface area (Å²) >= 11 is 5.84. The second-order valence-corrected chi connectivity index (χ2v) is 4.35. The molecule has 104 valence electrons. The first-order valence-corrected chi connectivity index (χ1v) is 6.06. The van der Waals surface area contributed by atoms with Gasteiger partial charge < -0.3 is 14.5 Å². The molecular weight excluding hydrogens is 282 g/mol. The highest BCUT2D eigenvalue weighted by atomic mass is 35.5. The number of amides is 1. The van der Waals surface area contributed by atoms with E-state index in [0.717, 1.165) is 0 Å². The van der Waals surface area contributed by atoms with Crippen LogP contribution >= 0.6 is 11.6 Å². The highest BCUT2D eigenvalue weighted by Gasteiger charge is 2.20. The number of carbonyl (C=O) groups is 1. The average Bonchev–Trinajstić information content (AvgIpc) is 2.80. The molecule has 0 aliphatic heterocycles. The molecular formula is C13H12ClN3O3. The number of ether oxygens (including phenoxy) is 1. The standard InChI is InChI=1S/C13H12ClN3O3/c1-7-16-10(13(19-2)20-7)12(18)17-11(15)8-4-3-5-9(14)6-8/h3-6H,1-2H3,(H2,15,17,18). The van der Waals surface area contributed by atoms with Crippen LogP contribution in [0.1, 0.15) is 21.9 Å². The fraction of sp³-hybridized carbons (Fsp3) is 0.154. The summed E-state index contributed by atoms with van der Waals surface area (Å²) in [6, 6.07) is 6.62. The van der Waals surface area contributed by atoms with Crippen molar-refractivity contribution in [2.75, 3.05) is 7.11 Å². The van der Waals surface area contributed by atoms with Gasteiger partial charge in [-0.3, -0.25) is 10.2 Å². The van der Waals surface area contributed by atoms with E-state index < -0.39 is 5.91 Å². The summed E-state index contributed by atoms with van der Waals surface area (Å²) in [6.45, 7) is 1.60. The van der Waals surface area contributed by atoms with Gasteiger partial charge in [0.1, 0.15) is 5.84 Å². The van der Waals surface area contributed by atoms with E-state index in [1.54, 1.807) is 31.2 Å². The summed E-state index contributed by atoms with van der Waals surface area (Å²) in [5.41, 5.74) is 0.488. The maximum atomic E-state index is 12.0. The van der Waals surface area contributed by atoms with Gasteiger partial charge in [0.15, 0.2) is 5.89 Å². The molecule has 1 amide bonds. The number of hydrogen-bond donors (Lipinski definition) is 2. The number of benzene rings is 1. The van der Waals surface area contributed by atoms with Crippen molar-refractivity contribution in [1.82, 2.24) is 10.3 Å². The van der Waals surface area contributed by atoms with Crippen LogP contribution in [-0.4, -0.2) is 23.8 Å². The van der Waals surface area contributed by atoms with Crippen LogP contribution in [0.25, 0.3) is 0 Å². The molecule has 0 spiro atoms. The van der Waals surface area contributed by atoms with E-state index in [1.807, 2.05) is 0 Å². The highest BCUT2D eigenvalue weighted by molar-refractivity contribution is 6.31. The molecule has 6 nitrogen and oxygen atoms in total. The largest absolute Gasteiger partial charge is 0.467 e. The quantitative estimate of drug-likeness (QED) is 0.672. The van der Waals surface area contributed by atoms with Gasteiger partial charge in [-0.05, 0) is 12.1 Å². The molecule has 0 fully saturated rings. The molecule has 0 saturated carbocycles. The predicted octanol–water partition coefficient (Wildman–Crippen LogP) is 2.40. The third kappa shape index (κ3) is 2.97. The first kappa shape index (κ1) is 14.1. The lowest BCUT2D eigenvalue weighted by Crippen LogP contribution is -2.31. The fourth-order valence-corrected chi connectivity index (χ4v) is 1.77. The lowest BCUT2D eigenvalue weighted by molar-refractivity contribution is 0.0967. The average molecular weight is 294 g/mol. The summed E-state index contributed by atoms with van der Waals surface area (Å²) in [7, 11) is 1.37. The van der Waals surface area contributed by atoms with Gasteiger partial charge in [-0.2, -0.15) is 0 Å². The number of methoxy groups -OCH3 is 1. The number of aryl methyl sites for hydroxylation is 1. The van der Waals surface area contributed by atoms with E-state index in [9.17, 15) is 4.79 Å². The number of aromatic nitrogens is 1. The number of hydrogen-bond acceptors (Lipinski definition) is 5. The van der Waals surface area contributed by atoms with Gasteiger partial charge in [-0.1, -0.05) is 23.7 Å². The highest BCUT2D eigenvalue weighted by Crippen LogP contribution is 2.19. The van der Waals surface area contributed by atoms with Crippen LogP contribution in [0.4, 0.5) is 0 Å². The first-order chi connectivity index (χ1) is 9.51. The topological polar surface area (TPSA) is 88.2 Å². The summed E-state index contributed by atoms with van der Waals surface area (Å²) in [6.07, 6.45) is 0. The Morgan fingerprint density at radius 2 is 2.25 bits per heavy atom. The number of nitrogens with zero attached hydrogens (tertiary/aromatic N) is 1. The van der Waals surface area contributed by atoms with Crippen molar-refractivity contribution < 1.29 is 13.9 Å². The lowest BCUT2D eigenvalue weighted by Gasteiger charge is -2.06. The molecule has 0 atom stereocenters. The van der Waals surface area contributed by atoms with Gasteiger partial charge in [-0.25, -0.2) is 4.98 Å². The van der Waals surface area contributed by atoms with Gasteiger partial charge in [0.05, 0.1) is 7.11 Å². The molecule has 1 heterocycles. The lowest BCUT2D eigenvalue weighted by atomic mass is 10.2. The van der Waals surface area contributed by atoms with Crippen LogP contribution in [0.2, 0.25) is 5.02 Å². The molecule has 20 heavy (non-hydrogen) atoms. The summed E-state index contributed by atoms with van der Waals surface area (Å²) in [5, 5.41) is 10.7. The smallest absolute Gasteiger partial charge is 0.318 e. The second-order valence-electron chi connectivity index (χ2n) is 3.91. The fourth-order valence-electron chi connectivity index (χ4n) is 1.58. The Labute approximate surface area is 120 Å². The molecule has 2 rings (SSSR count). The zero-order valence-electron chi connectivity index (χ0n) is 10.9. The van der Waals surface area contributed by atoms with Gasteiger partial charge in [-0.15, -0.1) is 0 Å². The molecule has 1 aromatic carbocycles. The van der Waals surface area contributed by atoms with Crippen LogP contribution in [0.15, 0.2) is 28.7 Å². The zero-order chi connectivity index (χ0) is 14.7. The van der Waals surface area contributed by atoms with E-state index in [1.165, 1.54) is 7.11 Å². The molecule has 0 saturated heterocycles. The van der Waals surface area contributed by atoms with Crippen LogP contribution in [0, 0.1) is 12.3 Å². The van der Waals surface area contributed by atoms with Crippen molar-refractivity contribution in [3.63, 3.8) is 0 Å². The normalized spacial score (nSPS) is 10.2. The van der Waals surface area contributed by atoms with Gasteiger partial charge >= 0.3 is 5.95 Å². The van der Waals surface area contributed by atoms with Crippen LogP contribution in [0.5, 0.6) is 5.95 Å². The molecule has 0 aliphatic carbocycles. The number of amidine groups is 1. The van der Waals surface area contributed by atoms with Crippen molar-refractivity contribution in [2.45, 2.75) is 6.92 Å². The molecule has 0 unspecified atom stereocenters. The first-order valence-electron chi connectivity index (χ1n) is 5.68. The van der Waals surface area contributed by atoms with Crippen LogP contribution in [0.3, 0.4) is 0 Å². The Bertz CT molecular complexity index is 667. The Morgan fingerprint density at radius 1 is 1.50 bits per heavy atom. The van der Waals surface area contributed by atoms with Gasteiger partial charge in [0, 0.05) is 17.5 Å². The van der Waals surface area contributed by atoms with Crippen LogP contribution in [-0.2, 0) is 0 Å². The second kappa shape index (κ2) is 5.75. The third-order valence-electron chi connectivity index (χ3n) is 2.46. The molecule has 7 heteroatoms. The maximum absolute atomic E-state index is 12.0. The van der Waals surface area contributed by atoms with E-state index in [2.05, 4.69) is 10.3 Å². The zero-order valence-corrected chi connectivity index (χ0v) is 11.6. The molecule has 2 N–H and O–H groups in total. The SMILES string of the molecule is COc1oc(C)nc1C(=O)NC(=N)c1cccc(Cl)c1. The third-order valence-corrected chi connectivity index (χ3v) is 2.69. The van der Waals surface area contributed by atoms with Crippen molar-refractivity contribution in [3.8, 4) is 5.95 Å². The van der Waals surface area contributed by atoms with Crippen LogP contribution < -0.4 is 10.1 Å². The molecule has 0 aliphatic rings. The monoisotopic (exact) mass is 293 g/mol. The predicted molar refractivity (Wildman–Crippen MR) is 73.5 cm³/mol. The Kier molecular flexibility index (Phi) is 4.05. The van der Waals surface area contributed by atoms with Gasteiger partial charge in [0.25, 0.3) is 5.91 Å². The van der Waals surface area contributed by atoms with Crippen molar-refractivity contribution in [2.24, 2.45) is 0 Å². The van der Waals surface area contributed by atoms with Crippen molar-refractivity contribution in [1.29, 1.82) is 5.41 Å². The molecule has 0 bridgehead atoms. The molecule has 2 aromatic rings. The summed E-state index contributed by atoms with van der Waals surface area (Å²) < 4.78 is 10.0. The molecule has 1 aromatic heterocycles. The molecule has 0 radical (unpaired) electrons. The minimum absolute atomic E-state index is 0.00298. The number of halogens is 1. The van der Waals surface area contributed by atoms with E-state index in [-0.39, 0.29) is 17.5 Å². The Morgan fingerprint density at radius 3 is 2.90 bits per heavy atom. The number of nitrogens with one attached hydrogen (secondary N) is 2. The van der Waals surface area contributed by atoms with E-state index in [4.69, 9.17) is 26.2 Å². The maximum Gasteiger partial charge on any atom is 0.318 e. The number of rotatable bonds is 3. The van der Waals surface area contributed by atoms with Crippen molar-refractivity contribution >= 4 is 23.3 Å². The number of oxazole rings is 1. The Hall–Kier alpha value is -2.34. The Balaban J connectivity index is 2.17. The van der Waals surface area contributed by atoms with Crippen molar-refractivity contribution in [3.05, 3.63) is 46.4 Å². The van der Waals surface area contributed by atoms with E-state index in [0.29, 0.717) is 16.5 Å². The summed E-state index contributed by atoms with van der Waals surface area (Å²) in [4.78, 5) is 15.9.